The quantitative estimate of drug-likeness (QED) is 0.0271. The molecule has 0 rings (SSSR count). The van der Waals surface area contributed by atoms with Gasteiger partial charge in [0.25, 0.3) is 0 Å². The van der Waals surface area contributed by atoms with E-state index in [0.717, 1.165) is 38.5 Å². The van der Waals surface area contributed by atoms with E-state index < -0.39 is 32.5 Å². The molecule has 0 amide bonds. The van der Waals surface area contributed by atoms with Gasteiger partial charge in [0.1, 0.15) is 6.61 Å². The summed E-state index contributed by atoms with van der Waals surface area (Å²) in [6.45, 7) is 3.72. The van der Waals surface area contributed by atoms with Crippen LogP contribution in [0.4, 0.5) is 0 Å². The first kappa shape index (κ1) is 52.8. The number of phosphoric ester groups is 1. The van der Waals surface area contributed by atoms with Crippen LogP contribution in [0, 0.1) is 0 Å². The Morgan fingerprint density at radius 2 is 0.778 bits per heavy atom. The van der Waals surface area contributed by atoms with E-state index in [0.29, 0.717) is 6.42 Å². The van der Waals surface area contributed by atoms with Crippen LogP contribution in [0.5, 0.6) is 0 Å². The average molecular weight is 787 g/mol. The standard InChI is InChI=1S/C45H87O8P/c1-3-5-7-9-11-13-15-17-19-20-21-22-23-24-26-28-30-32-34-36-38-40-45(47)53-43(42-52-54(48,49)50)41-51-44(46)39-37-35-33-31-29-27-25-18-16-14-12-10-8-6-4-2/h20-21,43H,3-19,22-42H2,1-2H3,(H2,48,49,50)/b21-20-. The van der Waals surface area contributed by atoms with Crippen molar-refractivity contribution in [1.82, 2.24) is 0 Å². The lowest BCUT2D eigenvalue weighted by molar-refractivity contribution is -0.161. The van der Waals surface area contributed by atoms with Gasteiger partial charge < -0.3 is 19.3 Å². The molecular formula is C45H87O8P. The van der Waals surface area contributed by atoms with Crippen LogP contribution in [0.3, 0.4) is 0 Å². The van der Waals surface area contributed by atoms with E-state index in [4.69, 9.17) is 19.3 Å². The summed E-state index contributed by atoms with van der Waals surface area (Å²) in [5, 5.41) is 0. The number of allylic oxidation sites excluding steroid dienone is 2. The highest BCUT2D eigenvalue weighted by Gasteiger charge is 2.23. The molecule has 1 atom stereocenters. The molecule has 0 aromatic carbocycles. The van der Waals surface area contributed by atoms with E-state index in [2.05, 4.69) is 30.5 Å². The van der Waals surface area contributed by atoms with Crippen molar-refractivity contribution in [2.75, 3.05) is 13.2 Å². The van der Waals surface area contributed by atoms with Gasteiger partial charge in [0.2, 0.25) is 0 Å². The zero-order valence-corrected chi connectivity index (χ0v) is 36.3. The Hall–Kier alpha value is -1.21. The molecule has 0 saturated heterocycles. The minimum absolute atomic E-state index is 0.214. The van der Waals surface area contributed by atoms with Crippen molar-refractivity contribution in [2.45, 2.75) is 251 Å². The van der Waals surface area contributed by atoms with Crippen molar-refractivity contribution < 1.29 is 37.9 Å². The van der Waals surface area contributed by atoms with Crippen LogP contribution in [-0.2, 0) is 28.2 Å². The maximum absolute atomic E-state index is 12.4. The number of phosphoric acid groups is 1. The van der Waals surface area contributed by atoms with Gasteiger partial charge >= 0.3 is 19.8 Å². The SMILES string of the molecule is CCCCCCCCCC/C=C\CCCCCCCCCCCC(=O)OC(COC(=O)CCCCCCCCCCCCCCCCC)COP(=O)(O)O. The lowest BCUT2D eigenvalue weighted by atomic mass is 10.0. The molecule has 0 spiro atoms. The molecule has 0 aliphatic carbocycles. The summed E-state index contributed by atoms with van der Waals surface area (Å²) in [6, 6.07) is 0. The average Bonchev–Trinajstić information content (AvgIpc) is 3.14. The molecule has 0 aliphatic heterocycles. The van der Waals surface area contributed by atoms with Crippen LogP contribution in [0.2, 0.25) is 0 Å². The van der Waals surface area contributed by atoms with Crippen molar-refractivity contribution in [2.24, 2.45) is 0 Å². The molecule has 2 N–H and O–H groups in total. The number of rotatable bonds is 43. The zero-order valence-electron chi connectivity index (χ0n) is 35.4. The third kappa shape index (κ3) is 43.5. The van der Waals surface area contributed by atoms with Crippen LogP contribution in [0.15, 0.2) is 12.2 Å². The molecule has 1 unspecified atom stereocenters. The van der Waals surface area contributed by atoms with E-state index in [-0.39, 0.29) is 19.4 Å². The Kier molecular flexibility index (Phi) is 40.5. The van der Waals surface area contributed by atoms with Gasteiger partial charge in [-0.05, 0) is 38.5 Å². The van der Waals surface area contributed by atoms with E-state index >= 15 is 0 Å². The number of carbonyl (C=O) groups excluding carboxylic acids is 2. The van der Waals surface area contributed by atoms with Crippen molar-refractivity contribution in [1.29, 1.82) is 0 Å². The lowest BCUT2D eigenvalue weighted by Crippen LogP contribution is -2.29. The number of ether oxygens (including phenoxy) is 2. The third-order valence-electron chi connectivity index (χ3n) is 10.3. The number of hydrogen-bond donors (Lipinski definition) is 2. The highest BCUT2D eigenvalue weighted by Crippen LogP contribution is 2.36. The van der Waals surface area contributed by atoms with Crippen LogP contribution >= 0.6 is 7.82 Å². The molecule has 0 aromatic heterocycles. The molecule has 8 nitrogen and oxygen atoms in total. The first-order chi connectivity index (χ1) is 26.3. The summed E-state index contributed by atoms with van der Waals surface area (Å²) >= 11 is 0. The second kappa shape index (κ2) is 41.4. The van der Waals surface area contributed by atoms with E-state index in [1.807, 2.05) is 0 Å². The Morgan fingerprint density at radius 3 is 1.13 bits per heavy atom. The molecule has 0 radical (unpaired) electrons. The number of carbonyl (C=O) groups is 2. The van der Waals surface area contributed by atoms with E-state index in [9.17, 15) is 14.2 Å². The minimum atomic E-state index is -4.75. The first-order valence-electron chi connectivity index (χ1n) is 23.0. The van der Waals surface area contributed by atoms with E-state index in [1.165, 1.54) is 173 Å². The highest BCUT2D eigenvalue weighted by atomic mass is 31.2. The highest BCUT2D eigenvalue weighted by molar-refractivity contribution is 7.46. The molecular weight excluding hydrogens is 699 g/mol. The summed E-state index contributed by atoms with van der Waals surface area (Å²) in [6.07, 6.45) is 46.5. The van der Waals surface area contributed by atoms with E-state index in [1.54, 1.807) is 0 Å². The topological polar surface area (TPSA) is 119 Å². The molecule has 0 heterocycles. The van der Waals surface area contributed by atoms with Gasteiger partial charge in [-0.2, -0.15) is 0 Å². The molecule has 320 valence electrons. The van der Waals surface area contributed by atoms with Gasteiger partial charge in [-0.15, -0.1) is 0 Å². The van der Waals surface area contributed by atoms with Gasteiger partial charge in [-0.3, -0.25) is 14.1 Å². The van der Waals surface area contributed by atoms with Gasteiger partial charge in [-0.1, -0.05) is 206 Å². The van der Waals surface area contributed by atoms with Crippen molar-refractivity contribution in [3.05, 3.63) is 12.2 Å². The van der Waals surface area contributed by atoms with Gasteiger partial charge in [0.15, 0.2) is 6.10 Å². The molecule has 9 heteroatoms. The normalized spacial score (nSPS) is 12.4. The Labute approximate surface area is 333 Å². The fraction of sp³-hybridized carbons (Fsp3) is 0.911. The van der Waals surface area contributed by atoms with Crippen LogP contribution in [0.1, 0.15) is 245 Å². The molecule has 54 heavy (non-hydrogen) atoms. The van der Waals surface area contributed by atoms with Crippen LogP contribution in [0.25, 0.3) is 0 Å². The zero-order chi connectivity index (χ0) is 39.6. The van der Waals surface area contributed by atoms with Gasteiger partial charge in [-0.25, -0.2) is 4.57 Å². The number of esters is 2. The van der Waals surface area contributed by atoms with Gasteiger partial charge in [0.05, 0.1) is 6.61 Å². The minimum Gasteiger partial charge on any atom is -0.462 e. The predicted molar refractivity (Wildman–Crippen MR) is 226 cm³/mol. The lowest BCUT2D eigenvalue weighted by Gasteiger charge is -2.18. The maximum atomic E-state index is 12.4. The molecule has 0 aliphatic rings. The monoisotopic (exact) mass is 787 g/mol. The second-order valence-corrected chi connectivity index (χ2v) is 17.0. The predicted octanol–water partition coefficient (Wildman–Crippen LogP) is 14.2. The van der Waals surface area contributed by atoms with Crippen molar-refractivity contribution in [3.8, 4) is 0 Å². The Bertz CT molecular complexity index is 889. The van der Waals surface area contributed by atoms with Crippen molar-refractivity contribution >= 4 is 19.8 Å². The fourth-order valence-electron chi connectivity index (χ4n) is 6.84. The number of hydrogen-bond acceptors (Lipinski definition) is 6. The molecule has 0 bridgehead atoms. The smallest absolute Gasteiger partial charge is 0.462 e. The number of unbranched alkanes of at least 4 members (excludes halogenated alkanes) is 31. The second-order valence-electron chi connectivity index (χ2n) is 15.7. The van der Waals surface area contributed by atoms with Crippen molar-refractivity contribution in [3.63, 3.8) is 0 Å². The summed E-state index contributed by atoms with van der Waals surface area (Å²) in [7, 11) is -4.75. The third-order valence-corrected chi connectivity index (χ3v) is 10.8. The largest absolute Gasteiger partial charge is 0.469 e. The molecule has 0 fully saturated rings. The maximum Gasteiger partial charge on any atom is 0.469 e. The Morgan fingerprint density at radius 1 is 0.463 bits per heavy atom. The summed E-state index contributed by atoms with van der Waals surface area (Å²) in [5.41, 5.74) is 0. The summed E-state index contributed by atoms with van der Waals surface area (Å²) in [4.78, 5) is 42.9. The molecule has 0 aromatic rings. The van der Waals surface area contributed by atoms with Crippen LogP contribution < -0.4 is 0 Å². The summed E-state index contributed by atoms with van der Waals surface area (Å²) in [5.74, 6) is -0.872. The molecule has 0 saturated carbocycles. The Balaban J connectivity index is 3.83. The fourth-order valence-corrected chi connectivity index (χ4v) is 7.20. The summed E-state index contributed by atoms with van der Waals surface area (Å²) < 4.78 is 26.5. The van der Waals surface area contributed by atoms with Crippen LogP contribution in [-0.4, -0.2) is 41.0 Å². The first-order valence-corrected chi connectivity index (χ1v) is 24.5. The van der Waals surface area contributed by atoms with Gasteiger partial charge in [0, 0.05) is 12.8 Å².